The molecule has 2 atom stereocenters. The molecule has 0 saturated carbocycles. The molecule has 11 heavy (non-hydrogen) atoms. The maximum atomic E-state index is 9.25. The van der Waals surface area contributed by atoms with Crippen LogP contribution in [0.25, 0.3) is 0 Å². The van der Waals surface area contributed by atoms with Crippen molar-refractivity contribution in [1.29, 1.82) is 0 Å². The Balaban J connectivity index is 3.29. The van der Waals surface area contributed by atoms with E-state index in [2.05, 4.69) is 6.58 Å². The maximum Gasteiger partial charge on any atom is 0.0719 e. The highest BCUT2D eigenvalue weighted by Crippen LogP contribution is 2.06. The van der Waals surface area contributed by atoms with Gasteiger partial charge in [0.15, 0.2) is 0 Å². The molecule has 0 aliphatic heterocycles. The molecule has 2 nitrogen and oxygen atoms in total. The molecule has 0 spiro atoms. The van der Waals surface area contributed by atoms with Crippen LogP contribution in [0, 0.1) is 0 Å². The molecule has 2 N–H and O–H groups in total. The SMILES string of the molecule is C=CC(O)CCC(O)CCC. The quantitative estimate of drug-likeness (QED) is 0.575. The zero-order valence-corrected chi connectivity index (χ0v) is 7.16. The van der Waals surface area contributed by atoms with Crippen molar-refractivity contribution in [3.63, 3.8) is 0 Å². The van der Waals surface area contributed by atoms with Gasteiger partial charge in [0.2, 0.25) is 0 Å². The zero-order valence-electron chi connectivity index (χ0n) is 7.16. The molecule has 0 rings (SSSR count). The van der Waals surface area contributed by atoms with E-state index < -0.39 is 6.10 Å². The molecule has 0 fully saturated rings. The second-order valence-electron chi connectivity index (χ2n) is 2.82. The minimum atomic E-state index is -0.457. The van der Waals surface area contributed by atoms with Gasteiger partial charge in [-0.1, -0.05) is 19.4 Å². The van der Waals surface area contributed by atoms with Crippen molar-refractivity contribution in [1.82, 2.24) is 0 Å². The Morgan fingerprint density at radius 2 is 1.91 bits per heavy atom. The molecule has 0 aliphatic carbocycles. The lowest BCUT2D eigenvalue weighted by Gasteiger charge is -2.10. The molecular formula is C9H18O2. The van der Waals surface area contributed by atoms with E-state index in [4.69, 9.17) is 5.11 Å². The number of hydrogen-bond donors (Lipinski definition) is 2. The Hall–Kier alpha value is -0.340. The topological polar surface area (TPSA) is 40.5 Å². The summed E-state index contributed by atoms with van der Waals surface area (Å²) in [5, 5.41) is 18.3. The predicted molar refractivity (Wildman–Crippen MR) is 46.4 cm³/mol. The van der Waals surface area contributed by atoms with Crippen molar-refractivity contribution >= 4 is 0 Å². The van der Waals surface area contributed by atoms with Gasteiger partial charge in [-0.25, -0.2) is 0 Å². The summed E-state index contributed by atoms with van der Waals surface area (Å²) in [5.41, 5.74) is 0. The van der Waals surface area contributed by atoms with Crippen molar-refractivity contribution in [3.05, 3.63) is 12.7 Å². The summed E-state index contributed by atoms with van der Waals surface area (Å²) in [4.78, 5) is 0. The highest BCUT2D eigenvalue weighted by molar-refractivity contribution is 4.78. The fourth-order valence-corrected chi connectivity index (χ4v) is 0.959. The third-order valence-electron chi connectivity index (χ3n) is 1.69. The normalized spacial score (nSPS) is 15.9. The first-order chi connectivity index (χ1) is 5.20. The molecular weight excluding hydrogens is 140 g/mol. The summed E-state index contributed by atoms with van der Waals surface area (Å²) < 4.78 is 0. The number of aliphatic hydroxyl groups excluding tert-OH is 2. The Bertz CT molecular complexity index is 102. The number of aliphatic hydroxyl groups is 2. The van der Waals surface area contributed by atoms with Crippen LogP contribution in [-0.2, 0) is 0 Å². The van der Waals surface area contributed by atoms with E-state index in [1.54, 1.807) is 0 Å². The van der Waals surface area contributed by atoms with Gasteiger partial charge in [0.25, 0.3) is 0 Å². The van der Waals surface area contributed by atoms with Gasteiger partial charge in [-0.05, 0) is 19.3 Å². The van der Waals surface area contributed by atoms with Crippen LogP contribution >= 0.6 is 0 Å². The third-order valence-corrected chi connectivity index (χ3v) is 1.69. The van der Waals surface area contributed by atoms with E-state index in [0.29, 0.717) is 12.8 Å². The average Bonchev–Trinajstić information content (AvgIpc) is 2.01. The zero-order chi connectivity index (χ0) is 8.69. The van der Waals surface area contributed by atoms with Crippen LogP contribution in [-0.4, -0.2) is 22.4 Å². The molecule has 0 amide bonds. The summed E-state index contributed by atoms with van der Waals surface area (Å²) in [7, 11) is 0. The summed E-state index contributed by atoms with van der Waals surface area (Å²) in [6.45, 7) is 5.49. The fourth-order valence-electron chi connectivity index (χ4n) is 0.959. The minimum absolute atomic E-state index is 0.255. The van der Waals surface area contributed by atoms with E-state index in [0.717, 1.165) is 12.8 Å². The molecule has 0 aromatic heterocycles. The number of rotatable bonds is 6. The molecule has 0 aromatic carbocycles. The second kappa shape index (κ2) is 6.38. The number of hydrogen-bond acceptors (Lipinski definition) is 2. The van der Waals surface area contributed by atoms with Crippen LogP contribution in [0.2, 0.25) is 0 Å². The van der Waals surface area contributed by atoms with Crippen LogP contribution in [0.4, 0.5) is 0 Å². The summed E-state index contributed by atoms with van der Waals surface area (Å²) in [6, 6.07) is 0. The highest BCUT2D eigenvalue weighted by atomic mass is 16.3. The van der Waals surface area contributed by atoms with Gasteiger partial charge in [0.05, 0.1) is 12.2 Å². The largest absolute Gasteiger partial charge is 0.393 e. The lowest BCUT2D eigenvalue weighted by molar-refractivity contribution is 0.125. The summed E-state index contributed by atoms with van der Waals surface area (Å²) >= 11 is 0. The Morgan fingerprint density at radius 3 is 2.36 bits per heavy atom. The van der Waals surface area contributed by atoms with Gasteiger partial charge >= 0.3 is 0 Å². The molecule has 2 unspecified atom stereocenters. The molecule has 2 heteroatoms. The van der Waals surface area contributed by atoms with Gasteiger partial charge in [-0.2, -0.15) is 0 Å². The maximum absolute atomic E-state index is 9.25. The smallest absolute Gasteiger partial charge is 0.0719 e. The van der Waals surface area contributed by atoms with Crippen molar-refractivity contribution < 1.29 is 10.2 Å². The summed E-state index contributed by atoms with van der Waals surface area (Å²) in [5.74, 6) is 0. The summed E-state index contributed by atoms with van der Waals surface area (Å²) in [6.07, 6.45) is 3.88. The van der Waals surface area contributed by atoms with Crippen molar-refractivity contribution in [2.75, 3.05) is 0 Å². The lowest BCUT2D eigenvalue weighted by atomic mass is 10.1. The first-order valence-electron chi connectivity index (χ1n) is 4.19. The van der Waals surface area contributed by atoms with Crippen LogP contribution in [0.3, 0.4) is 0 Å². The second-order valence-corrected chi connectivity index (χ2v) is 2.82. The first kappa shape index (κ1) is 10.7. The minimum Gasteiger partial charge on any atom is -0.393 e. The van der Waals surface area contributed by atoms with Crippen LogP contribution in [0.15, 0.2) is 12.7 Å². The van der Waals surface area contributed by atoms with E-state index in [9.17, 15) is 5.11 Å². The average molecular weight is 158 g/mol. The van der Waals surface area contributed by atoms with E-state index in [1.807, 2.05) is 6.92 Å². The highest BCUT2D eigenvalue weighted by Gasteiger charge is 2.04. The lowest BCUT2D eigenvalue weighted by Crippen LogP contribution is -2.10. The first-order valence-corrected chi connectivity index (χ1v) is 4.19. The van der Waals surface area contributed by atoms with Crippen LogP contribution < -0.4 is 0 Å². The van der Waals surface area contributed by atoms with Gasteiger partial charge in [-0.15, -0.1) is 6.58 Å². The van der Waals surface area contributed by atoms with Gasteiger partial charge in [-0.3, -0.25) is 0 Å². The Morgan fingerprint density at radius 1 is 1.27 bits per heavy atom. The van der Waals surface area contributed by atoms with E-state index >= 15 is 0 Å². The molecule has 0 saturated heterocycles. The van der Waals surface area contributed by atoms with Crippen LogP contribution in [0.5, 0.6) is 0 Å². The van der Waals surface area contributed by atoms with Gasteiger partial charge in [0.1, 0.15) is 0 Å². The van der Waals surface area contributed by atoms with E-state index in [1.165, 1.54) is 6.08 Å². The van der Waals surface area contributed by atoms with Gasteiger partial charge < -0.3 is 10.2 Å². The molecule has 0 heterocycles. The Labute approximate surface area is 68.6 Å². The standard InChI is InChI=1S/C9H18O2/c1-3-5-9(11)7-6-8(10)4-2/h4,8-11H,2-3,5-7H2,1H3. The van der Waals surface area contributed by atoms with Crippen molar-refractivity contribution in [2.24, 2.45) is 0 Å². The third kappa shape index (κ3) is 6.07. The van der Waals surface area contributed by atoms with E-state index in [-0.39, 0.29) is 6.10 Å². The van der Waals surface area contributed by atoms with Crippen molar-refractivity contribution in [2.45, 2.75) is 44.8 Å². The van der Waals surface area contributed by atoms with Crippen molar-refractivity contribution in [3.8, 4) is 0 Å². The Kier molecular flexibility index (Phi) is 6.18. The molecule has 0 radical (unpaired) electrons. The molecule has 66 valence electrons. The molecule has 0 bridgehead atoms. The fraction of sp³-hybridized carbons (Fsp3) is 0.778. The monoisotopic (exact) mass is 158 g/mol. The molecule has 0 aromatic rings. The molecule has 0 aliphatic rings. The predicted octanol–water partition coefficient (Wildman–Crippen LogP) is 1.47. The van der Waals surface area contributed by atoms with Gasteiger partial charge in [0, 0.05) is 0 Å². The van der Waals surface area contributed by atoms with Crippen LogP contribution in [0.1, 0.15) is 32.6 Å².